The molecular weight excluding hydrogens is 242 g/mol. The number of hydrazone groups is 1. The van der Waals surface area contributed by atoms with E-state index in [0.717, 1.165) is 30.1 Å². The number of fused-ring (bicyclic) bond motifs is 1. The second-order valence-electron chi connectivity index (χ2n) is 3.62. The fraction of sp³-hybridized carbons (Fsp3) is 0.364. The Morgan fingerprint density at radius 3 is 2.47 bits per heavy atom. The number of halogens is 1. The minimum Gasteiger partial charge on any atom is -1.00 e. The summed E-state index contributed by atoms with van der Waals surface area (Å²) in [5.41, 5.74) is 2.23. The molecular formula is C11H16ClN3O2. The van der Waals surface area contributed by atoms with Crippen molar-refractivity contribution in [2.45, 2.75) is 6.42 Å². The number of rotatable bonds is 2. The van der Waals surface area contributed by atoms with E-state index in [9.17, 15) is 0 Å². The highest BCUT2D eigenvalue weighted by atomic mass is 35.5. The van der Waals surface area contributed by atoms with Gasteiger partial charge in [0.15, 0.2) is 11.5 Å². The van der Waals surface area contributed by atoms with Crippen molar-refractivity contribution in [3.8, 4) is 11.5 Å². The fourth-order valence-electron chi connectivity index (χ4n) is 1.96. The summed E-state index contributed by atoms with van der Waals surface area (Å²) in [4.78, 5) is 0. The van der Waals surface area contributed by atoms with Gasteiger partial charge in [0, 0.05) is 6.42 Å². The van der Waals surface area contributed by atoms with Crippen LogP contribution in [0.5, 0.6) is 11.5 Å². The lowest BCUT2D eigenvalue weighted by Crippen LogP contribution is -3.00. The Hall–Kier alpha value is -1.46. The molecule has 1 aromatic carbocycles. The van der Waals surface area contributed by atoms with Crippen molar-refractivity contribution < 1.29 is 27.2 Å². The van der Waals surface area contributed by atoms with Gasteiger partial charge in [-0.3, -0.25) is 5.32 Å². The van der Waals surface area contributed by atoms with E-state index >= 15 is 0 Å². The van der Waals surface area contributed by atoms with Crippen molar-refractivity contribution in [1.29, 1.82) is 0 Å². The van der Waals surface area contributed by atoms with Crippen LogP contribution >= 0.6 is 0 Å². The first-order valence-electron chi connectivity index (χ1n) is 5.16. The molecule has 17 heavy (non-hydrogen) atoms. The Kier molecular flexibility index (Phi) is 4.60. The second kappa shape index (κ2) is 5.75. The van der Waals surface area contributed by atoms with Gasteiger partial charge in [0.05, 0.1) is 26.3 Å². The van der Waals surface area contributed by atoms with Crippen LogP contribution in [0.4, 0.5) is 0 Å². The van der Waals surface area contributed by atoms with Crippen LogP contribution in [0.15, 0.2) is 17.2 Å². The molecule has 0 saturated heterocycles. The average molecular weight is 258 g/mol. The van der Waals surface area contributed by atoms with E-state index in [4.69, 9.17) is 15.3 Å². The molecule has 0 unspecified atom stereocenters. The molecule has 0 amide bonds. The molecule has 0 atom stereocenters. The first-order valence-corrected chi connectivity index (χ1v) is 5.16. The molecule has 0 bridgehead atoms. The summed E-state index contributed by atoms with van der Waals surface area (Å²) in [6, 6.07) is 3.92. The third-order valence-electron chi connectivity index (χ3n) is 2.78. The lowest BCUT2D eigenvalue weighted by Gasteiger charge is -2.17. The van der Waals surface area contributed by atoms with Gasteiger partial charge in [-0.1, -0.05) is 0 Å². The number of quaternary nitrogens is 1. The molecule has 94 valence electrons. The molecule has 0 spiro atoms. The fourth-order valence-corrected chi connectivity index (χ4v) is 1.96. The Labute approximate surface area is 106 Å². The van der Waals surface area contributed by atoms with E-state index in [2.05, 4.69) is 5.10 Å². The predicted octanol–water partition coefficient (Wildman–Crippen LogP) is -3.55. The molecule has 1 aromatic rings. The monoisotopic (exact) mass is 257 g/mol. The number of hydrogen-bond acceptors (Lipinski definition) is 4. The molecule has 4 N–H and O–H groups in total. The summed E-state index contributed by atoms with van der Waals surface area (Å²) in [6.45, 7) is 0.957. The summed E-state index contributed by atoms with van der Waals surface area (Å²) < 4.78 is 10.5. The van der Waals surface area contributed by atoms with Crippen molar-refractivity contribution in [1.82, 2.24) is 0 Å². The lowest BCUT2D eigenvalue weighted by atomic mass is 9.99. The van der Waals surface area contributed by atoms with Gasteiger partial charge in [-0.25, -0.2) is 0 Å². The summed E-state index contributed by atoms with van der Waals surface area (Å²) in [5, 5.41) is 5.82. The normalized spacial score (nSPS) is 16.0. The number of nitrogens with zero attached hydrogens (tertiary/aromatic N) is 1. The van der Waals surface area contributed by atoms with Crippen molar-refractivity contribution in [3.63, 3.8) is 0 Å². The quantitative estimate of drug-likeness (QED) is 0.426. The highest BCUT2D eigenvalue weighted by Gasteiger charge is 2.22. The van der Waals surface area contributed by atoms with E-state index in [1.54, 1.807) is 14.2 Å². The number of benzene rings is 1. The molecule has 0 aliphatic carbocycles. The van der Waals surface area contributed by atoms with Crippen molar-refractivity contribution in [2.75, 3.05) is 20.8 Å². The van der Waals surface area contributed by atoms with Gasteiger partial charge >= 0.3 is 0 Å². The zero-order valence-corrected chi connectivity index (χ0v) is 10.6. The Balaban J connectivity index is 0.00000144. The highest BCUT2D eigenvalue weighted by molar-refractivity contribution is 5.94. The number of amidine groups is 1. The topological polar surface area (TPSA) is 73.5 Å². The molecule has 6 heteroatoms. The van der Waals surface area contributed by atoms with Gasteiger partial charge in [0.25, 0.3) is 0 Å². The number of nitrogens with two attached hydrogens (primary N) is 2. The third kappa shape index (κ3) is 2.45. The molecule has 2 rings (SSSR count). The van der Waals surface area contributed by atoms with Gasteiger partial charge in [-0.2, -0.15) is 0 Å². The molecule has 1 heterocycles. The standard InChI is InChI=1S/C11H15N3O2.ClH/c1-15-9-5-7-3-4-13-11(14-12)8(7)6-10(9)16-2;/h5-6H,3-4,12H2,1-2H3,(H,13,14);1H. The zero-order chi connectivity index (χ0) is 11.5. The van der Waals surface area contributed by atoms with Gasteiger partial charge < -0.3 is 27.7 Å². The number of ether oxygens (including phenoxy) is 2. The van der Waals surface area contributed by atoms with Crippen LogP contribution in [0, 0.1) is 0 Å². The van der Waals surface area contributed by atoms with Crippen LogP contribution in [0.1, 0.15) is 11.1 Å². The Morgan fingerprint density at radius 1 is 1.24 bits per heavy atom. The van der Waals surface area contributed by atoms with Gasteiger partial charge in [0.1, 0.15) is 0 Å². The smallest absolute Gasteiger partial charge is 0.248 e. The highest BCUT2D eigenvalue weighted by Crippen LogP contribution is 2.31. The Morgan fingerprint density at radius 2 is 1.88 bits per heavy atom. The van der Waals surface area contributed by atoms with Crippen LogP contribution in [-0.2, 0) is 6.42 Å². The van der Waals surface area contributed by atoms with Crippen LogP contribution in [0.2, 0.25) is 0 Å². The van der Waals surface area contributed by atoms with Crippen molar-refractivity contribution >= 4 is 5.84 Å². The summed E-state index contributed by atoms with van der Waals surface area (Å²) in [6.07, 6.45) is 0.981. The van der Waals surface area contributed by atoms with E-state index < -0.39 is 0 Å². The first-order chi connectivity index (χ1) is 7.80. The zero-order valence-electron chi connectivity index (χ0n) is 9.87. The van der Waals surface area contributed by atoms with Crippen molar-refractivity contribution in [3.05, 3.63) is 23.3 Å². The van der Waals surface area contributed by atoms with Gasteiger partial charge in [-0.15, -0.1) is 5.10 Å². The van der Waals surface area contributed by atoms with Crippen LogP contribution < -0.4 is 33.0 Å². The lowest BCUT2D eigenvalue weighted by molar-refractivity contribution is -0.540. The van der Waals surface area contributed by atoms with Crippen LogP contribution in [0.25, 0.3) is 0 Å². The average Bonchev–Trinajstić information content (AvgIpc) is 2.36. The third-order valence-corrected chi connectivity index (χ3v) is 2.78. The maximum Gasteiger partial charge on any atom is 0.248 e. The number of hydrogen-bond donors (Lipinski definition) is 2. The maximum atomic E-state index is 5.36. The summed E-state index contributed by atoms with van der Waals surface area (Å²) >= 11 is 0. The Bertz CT molecular complexity index is 435. The molecule has 5 nitrogen and oxygen atoms in total. The maximum absolute atomic E-state index is 5.36. The summed E-state index contributed by atoms with van der Waals surface area (Å²) in [7, 11) is 3.26. The predicted molar refractivity (Wildman–Crippen MR) is 60.8 cm³/mol. The van der Waals surface area contributed by atoms with E-state index in [1.807, 2.05) is 17.4 Å². The van der Waals surface area contributed by atoms with Crippen LogP contribution in [-0.4, -0.2) is 26.6 Å². The molecule has 0 fully saturated rings. The van der Waals surface area contributed by atoms with Crippen LogP contribution in [0.3, 0.4) is 0 Å². The molecule has 0 aromatic heterocycles. The molecule has 1 aliphatic rings. The van der Waals surface area contributed by atoms with Crippen molar-refractivity contribution in [2.24, 2.45) is 10.9 Å². The SMILES string of the molecule is COc1cc2c(cc1OC)/C(=N/N)[NH2+]CC2.[Cl-]. The second-order valence-corrected chi connectivity index (χ2v) is 3.62. The van der Waals surface area contributed by atoms with E-state index in [0.29, 0.717) is 5.75 Å². The summed E-state index contributed by atoms with van der Waals surface area (Å²) in [5.74, 6) is 7.64. The largest absolute Gasteiger partial charge is 1.00 e. The van der Waals surface area contributed by atoms with E-state index in [-0.39, 0.29) is 12.4 Å². The minimum atomic E-state index is 0. The van der Waals surface area contributed by atoms with E-state index in [1.165, 1.54) is 5.56 Å². The first kappa shape index (κ1) is 13.6. The van der Waals surface area contributed by atoms with Gasteiger partial charge in [0.2, 0.25) is 5.84 Å². The molecule has 0 radical (unpaired) electrons. The van der Waals surface area contributed by atoms with Gasteiger partial charge in [-0.05, 0) is 17.7 Å². The molecule has 0 saturated carbocycles. The number of methoxy groups -OCH3 is 2. The minimum absolute atomic E-state index is 0. The molecule has 1 aliphatic heterocycles.